The number of amides is 1. The Kier molecular flexibility index (Phi) is 4.54. The van der Waals surface area contributed by atoms with Crippen LogP contribution in [0.2, 0.25) is 0 Å². The van der Waals surface area contributed by atoms with Crippen molar-refractivity contribution in [2.24, 2.45) is 5.73 Å². The predicted molar refractivity (Wildman–Crippen MR) is 114 cm³/mol. The van der Waals surface area contributed by atoms with Crippen molar-refractivity contribution in [2.45, 2.75) is 27.3 Å². The zero-order valence-corrected chi connectivity index (χ0v) is 16.6. The summed E-state index contributed by atoms with van der Waals surface area (Å²) in [5.41, 5.74) is 11.5. The number of aromatic amines is 1. The number of imidazole rings is 1. The summed E-state index contributed by atoms with van der Waals surface area (Å²) in [5, 5.41) is 0. The molecule has 2 aromatic carbocycles. The Labute approximate surface area is 168 Å². The average molecular weight is 386 g/mol. The first-order valence-electron chi connectivity index (χ1n) is 9.40. The molecule has 0 fully saturated rings. The molecule has 0 radical (unpaired) electrons. The molecule has 4 rings (SSSR count). The van der Waals surface area contributed by atoms with Crippen molar-refractivity contribution >= 4 is 16.9 Å². The Balaban J connectivity index is 1.96. The molecule has 6 nitrogen and oxygen atoms in total. The van der Waals surface area contributed by atoms with Gasteiger partial charge in [-0.05, 0) is 55.7 Å². The first-order chi connectivity index (χ1) is 13.8. The number of fused-ring (bicyclic) bond motifs is 1. The number of primary amides is 1. The molecule has 2 aromatic heterocycles. The van der Waals surface area contributed by atoms with Crippen molar-refractivity contribution in [3.05, 3.63) is 87.1 Å². The van der Waals surface area contributed by atoms with Crippen LogP contribution in [0, 0.1) is 20.8 Å². The van der Waals surface area contributed by atoms with Crippen LogP contribution in [0.1, 0.15) is 33.0 Å². The number of benzene rings is 2. The van der Waals surface area contributed by atoms with Crippen molar-refractivity contribution < 1.29 is 4.79 Å². The van der Waals surface area contributed by atoms with Crippen LogP contribution in [0.4, 0.5) is 0 Å². The molecule has 0 saturated heterocycles. The highest BCUT2D eigenvalue weighted by Gasteiger charge is 2.18. The lowest BCUT2D eigenvalue weighted by Crippen LogP contribution is -2.19. The smallest absolute Gasteiger partial charge is 0.253 e. The molecule has 3 N–H and O–H groups in total. The third-order valence-corrected chi connectivity index (χ3v) is 5.23. The van der Waals surface area contributed by atoms with Crippen molar-refractivity contribution in [3.8, 4) is 11.1 Å². The average Bonchev–Trinajstić information content (AvgIpc) is 2.99. The van der Waals surface area contributed by atoms with Gasteiger partial charge in [-0.15, -0.1) is 0 Å². The van der Waals surface area contributed by atoms with Gasteiger partial charge < -0.3 is 15.3 Å². The van der Waals surface area contributed by atoms with Crippen LogP contribution in [0.5, 0.6) is 0 Å². The minimum absolute atomic E-state index is 0.113. The summed E-state index contributed by atoms with van der Waals surface area (Å²) in [6, 6.07) is 15.5. The molecule has 4 aromatic rings. The van der Waals surface area contributed by atoms with E-state index in [0.717, 1.165) is 27.9 Å². The summed E-state index contributed by atoms with van der Waals surface area (Å²) >= 11 is 0. The predicted octanol–water partition coefficient (Wildman–Crippen LogP) is 3.46. The molecule has 0 aliphatic carbocycles. The summed E-state index contributed by atoms with van der Waals surface area (Å²) in [4.78, 5) is 32.1. The molecule has 0 spiro atoms. The van der Waals surface area contributed by atoms with E-state index in [1.165, 1.54) is 0 Å². The summed E-state index contributed by atoms with van der Waals surface area (Å²) < 4.78 is 1.96. The molecule has 0 bridgehead atoms. The second-order valence-electron chi connectivity index (χ2n) is 7.31. The van der Waals surface area contributed by atoms with E-state index in [4.69, 9.17) is 5.73 Å². The Hall–Kier alpha value is -3.67. The fourth-order valence-corrected chi connectivity index (χ4v) is 3.76. The summed E-state index contributed by atoms with van der Waals surface area (Å²) in [6.07, 6.45) is 0. The normalized spacial score (nSPS) is 11.1. The van der Waals surface area contributed by atoms with Gasteiger partial charge in [0.15, 0.2) is 0 Å². The lowest BCUT2D eigenvalue weighted by atomic mass is 10.0. The highest BCUT2D eigenvalue weighted by molar-refractivity contribution is 6.06. The maximum absolute atomic E-state index is 12.5. The van der Waals surface area contributed by atoms with Crippen LogP contribution < -0.4 is 11.3 Å². The summed E-state index contributed by atoms with van der Waals surface area (Å²) in [7, 11) is 0. The molecule has 0 atom stereocenters. The quantitative estimate of drug-likeness (QED) is 0.562. The fraction of sp³-hybridized carbons (Fsp3) is 0.174. The molecular formula is C23H22N4O2. The van der Waals surface area contributed by atoms with E-state index in [0.29, 0.717) is 29.0 Å². The van der Waals surface area contributed by atoms with Crippen LogP contribution >= 0.6 is 0 Å². The van der Waals surface area contributed by atoms with Crippen molar-refractivity contribution in [1.29, 1.82) is 0 Å². The number of aromatic nitrogens is 3. The molecule has 0 saturated carbocycles. The standard InChI is InChI=1S/C23H22N4O2/c1-13-9-14(2)25-23(29)19(13)12-27-15(3)26-21-18(22(24)28)10-17(11-20(21)27)16-7-5-4-6-8-16/h4-11H,12H2,1-3H3,(H2,24,28)(H,25,29). The molecule has 0 aliphatic heterocycles. The van der Waals surface area contributed by atoms with E-state index in [9.17, 15) is 9.59 Å². The van der Waals surface area contributed by atoms with E-state index >= 15 is 0 Å². The number of hydrogen-bond donors (Lipinski definition) is 2. The molecule has 6 heteroatoms. The highest BCUT2D eigenvalue weighted by atomic mass is 16.1. The van der Waals surface area contributed by atoms with Crippen LogP contribution in [0.15, 0.2) is 53.3 Å². The van der Waals surface area contributed by atoms with Crippen LogP contribution in [0.25, 0.3) is 22.2 Å². The van der Waals surface area contributed by atoms with E-state index in [1.807, 2.05) is 67.8 Å². The Morgan fingerprint density at radius 1 is 1.07 bits per heavy atom. The number of nitrogens with two attached hydrogens (primary N) is 1. The molecule has 29 heavy (non-hydrogen) atoms. The van der Waals surface area contributed by atoms with Gasteiger partial charge >= 0.3 is 0 Å². The van der Waals surface area contributed by atoms with Crippen LogP contribution in [-0.4, -0.2) is 20.4 Å². The third-order valence-electron chi connectivity index (χ3n) is 5.23. The summed E-state index contributed by atoms with van der Waals surface area (Å²) in [5.74, 6) is 0.189. The Morgan fingerprint density at radius 3 is 2.45 bits per heavy atom. The lowest BCUT2D eigenvalue weighted by molar-refractivity contribution is 0.100. The topological polar surface area (TPSA) is 93.8 Å². The monoisotopic (exact) mass is 386 g/mol. The first kappa shape index (κ1) is 18.7. The molecule has 0 aliphatic rings. The minimum Gasteiger partial charge on any atom is -0.366 e. The number of rotatable bonds is 4. The zero-order chi connectivity index (χ0) is 20.7. The minimum atomic E-state index is -0.526. The van der Waals surface area contributed by atoms with Gasteiger partial charge in [-0.25, -0.2) is 4.98 Å². The third kappa shape index (κ3) is 3.33. The van der Waals surface area contributed by atoms with Crippen molar-refractivity contribution in [3.63, 3.8) is 0 Å². The Morgan fingerprint density at radius 2 is 1.79 bits per heavy atom. The fourth-order valence-electron chi connectivity index (χ4n) is 3.76. The highest BCUT2D eigenvalue weighted by Crippen LogP contribution is 2.29. The van der Waals surface area contributed by atoms with Gasteiger partial charge in [-0.3, -0.25) is 9.59 Å². The number of nitrogens with zero attached hydrogens (tertiary/aromatic N) is 2. The van der Waals surface area contributed by atoms with Crippen molar-refractivity contribution in [2.75, 3.05) is 0 Å². The second-order valence-corrected chi connectivity index (χ2v) is 7.31. The van der Waals surface area contributed by atoms with Gasteiger partial charge in [0, 0.05) is 11.3 Å². The van der Waals surface area contributed by atoms with E-state index in [-0.39, 0.29) is 5.56 Å². The van der Waals surface area contributed by atoms with Gasteiger partial charge in [0.1, 0.15) is 11.3 Å². The van der Waals surface area contributed by atoms with E-state index < -0.39 is 5.91 Å². The molecular weight excluding hydrogens is 364 g/mol. The number of H-pyrrole nitrogens is 1. The number of pyridine rings is 1. The van der Waals surface area contributed by atoms with E-state index in [1.54, 1.807) is 6.07 Å². The maximum Gasteiger partial charge on any atom is 0.253 e. The SMILES string of the molecule is Cc1cc(C)c(Cn2c(C)nc3c(C(N)=O)cc(-c4ccccc4)cc32)c(=O)[nH]1. The van der Waals surface area contributed by atoms with Crippen LogP contribution in [-0.2, 0) is 6.54 Å². The largest absolute Gasteiger partial charge is 0.366 e. The number of carbonyl (C=O) groups is 1. The number of carbonyl (C=O) groups excluding carboxylic acids is 1. The van der Waals surface area contributed by atoms with Gasteiger partial charge in [0.25, 0.3) is 11.5 Å². The Bertz CT molecular complexity index is 1300. The maximum atomic E-state index is 12.5. The molecule has 0 unspecified atom stereocenters. The van der Waals surface area contributed by atoms with Gasteiger partial charge in [-0.2, -0.15) is 0 Å². The second kappa shape index (κ2) is 7.05. The number of aryl methyl sites for hydroxylation is 3. The molecule has 2 heterocycles. The van der Waals surface area contributed by atoms with Crippen molar-refractivity contribution in [1.82, 2.24) is 14.5 Å². The van der Waals surface area contributed by atoms with Crippen LogP contribution in [0.3, 0.4) is 0 Å². The number of nitrogens with one attached hydrogen (secondary N) is 1. The molecule has 1 amide bonds. The number of hydrogen-bond acceptors (Lipinski definition) is 3. The summed E-state index contributed by atoms with van der Waals surface area (Å²) in [6.45, 7) is 6.02. The van der Waals surface area contributed by atoms with Gasteiger partial charge in [-0.1, -0.05) is 30.3 Å². The zero-order valence-electron chi connectivity index (χ0n) is 16.6. The van der Waals surface area contributed by atoms with E-state index in [2.05, 4.69) is 9.97 Å². The molecule has 146 valence electrons. The van der Waals surface area contributed by atoms with Gasteiger partial charge in [0.05, 0.1) is 17.6 Å². The first-order valence-corrected chi connectivity index (χ1v) is 9.40. The van der Waals surface area contributed by atoms with Gasteiger partial charge in [0.2, 0.25) is 0 Å². The lowest BCUT2D eigenvalue weighted by Gasteiger charge is -2.11.